The largest absolute Gasteiger partial charge is 0.493 e. The molecule has 0 saturated heterocycles. The number of nitrogens with zero attached hydrogens (tertiary/aromatic N) is 2. The maximum Gasteiger partial charge on any atom is 0.258 e. The number of aromatic amines is 1. The van der Waals surface area contributed by atoms with Crippen LogP contribution in [0.5, 0.6) is 11.5 Å². The lowest BCUT2D eigenvalue weighted by molar-refractivity contribution is 0.102. The first-order valence-corrected chi connectivity index (χ1v) is 7.72. The molecule has 2 rings (SSSR count). The second kappa shape index (κ2) is 8.77. The van der Waals surface area contributed by atoms with E-state index in [1.165, 1.54) is 19.2 Å². The molecule has 2 N–H and O–H groups in total. The molecule has 1 aromatic carbocycles. The van der Waals surface area contributed by atoms with Crippen LogP contribution < -0.4 is 14.8 Å². The number of benzene rings is 1. The summed E-state index contributed by atoms with van der Waals surface area (Å²) in [5.41, 5.74) is 0.455. The third kappa shape index (κ3) is 4.98. The van der Waals surface area contributed by atoms with Gasteiger partial charge in [0.1, 0.15) is 6.33 Å². The van der Waals surface area contributed by atoms with E-state index in [4.69, 9.17) is 9.47 Å². The quantitative estimate of drug-likeness (QED) is 0.694. The van der Waals surface area contributed by atoms with Crippen LogP contribution in [0, 0.1) is 0 Å². The van der Waals surface area contributed by atoms with Gasteiger partial charge in [0.15, 0.2) is 11.5 Å². The number of ether oxygens (including phenoxy) is 2. The third-order valence-corrected chi connectivity index (χ3v) is 3.33. The second-order valence-corrected chi connectivity index (χ2v) is 5.06. The van der Waals surface area contributed by atoms with Crippen LogP contribution in [0.15, 0.2) is 24.5 Å². The molecule has 1 amide bonds. The molecule has 0 saturated carbocycles. The molecule has 0 bridgehead atoms. The minimum Gasteiger partial charge on any atom is -0.493 e. The molecule has 0 aliphatic rings. The van der Waals surface area contributed by atoms with E-state index < -0.39 is 0 Å². The van der Waals surface area contributed by atoms with Crippen molar-refractivity contribution in [2.75, 3.05) is 19.0 Å². The van der Waals surface area contributed by atoms with Crippen LogP contribution in [0.1, 0.15) is 43.0 Å². The highest BCUT2D eigenvalue weighted by atomic mass is 16.5. The molecular formula is C16H22N4O3. The monoisotopic (exact) mass is 318 g/mol. The third-order valence-electron chi connectivity index (χ3n) is 3.33. The molecule has 0 radical (unpaired) electrons. The number of unbranched alkanes of at least 4 members (excludes halogenated alkanes) is 3. The highest BCUT2D eigenvalue weighted by Gasteiger charge is 2.12. The zero-order chi connectivity index (χ0) is 16.5. The highest BCUT2D eigenvalue weighted by Crippen LogP contribution is 2.28. The van der Waals surface area contributed by atoms with Crippen molar-refractivity contribution < 1.29 is 14.3 Å². The van der Waals surface area contributed by atoms with Crippen LogP contribution in [0.4, 0.5) is 5.95 Å². The molecule has 0 atom stereocenters. The normalized spacial score (nSPS) is 10.3. The summed E-state index contributed by atoms with van der Waals surface area (Å²) in [6.45, 7) is 2.81. The predicted molar refractivity (Wildman–Crippen MR) is 87.0 cm³/mol. The predicted octanol–water partition coefficient (Wildman–Crippen LogP) is 3.02. The van der Waals surface area contributed by atoms with Crippen molar-refractivity contribution in [2.24, 2.45) is 0 Å². The Morgan fingerprint density at radius 3 is 2.83 bits per heavy atom. The number of hydrogen-bond donors (Lipinski definition) is 2. The number of anilines is 1. The molecule has 2 aromatic rings. The molecule has 124 valence electrons. The minimum atomic E-state index is -0.297. The number of carbonyl (C=O) groups excluding carboxylic acids is 1. The summed E-state index contributed by atoms with van der Waals surface area (Å²) in [5, 5.41) is 8.86. The van der Waals surface area contributed by atoms with Gasteiger partial charge in [-0.05, 0) is 24.6 Å². The summed E-state index contributed by atoms with van der Waals surface area (Å²) >= 11 is 0. The summed E-state index contributed by atoms with van der Waals surface area (Å²) in [6.07, 6.45) is 5.88. The molecule has 7 heteroatoms. The summed E-state index contributed by atoms with van der Waals surface area (Å²) in [4.78, 5) is 16.0. The van der Waals surface area contributed by atoms with Crippen molar-refractivity contribution in [1.82, 2.24) is 15.2 Å². The van der Waals surface area contributed by atoms with Crippen molar-refractivity contribution in [1.29, 1.82) is 0 Å². The van der Waals surface area contributed by atoms with E-state index in [2.05, 4.69) is 27.4 Å². The fourth-order valence-corrected chi connectivity index (χ4v) is 2.08. The van der Waals surface area contributed by atoms with Gasteiger partial charge in [-0.2, -0.15) is 10.1 Å². The molecule has 0 fully saturated rings. The van der Waals surface area contributed by atoms with Crippen LogP contribution in [-0.4, -0.2) is 34.8 Å². The van der Waals surface area contributed by atoms with Crippen molar-refractivity contribution in [3.8, 4) is 11.5 Å². The van der Waals surface area contributed by atoms with Crippen LogP contribution in [0.3, 0.4) is 0 Å². The average Bonchev–Trinajstić information content (AvgIpc) is 3.07. The molecule has 1 heterocycles. The van der Waals surface area contributed by atoms with Gasteiger partial charge in [0.2, 0.25) is 5.95 Å². The van der Waals surface area contributed by atoms with Crippen LogP contribution in [0.2, 0.25) is 0 Å². The maximum atomic E-state index is 12.1. The SMILES string of the molecule is CCCCCCOc1ccc(C(=O)Nc2ncn[nH]2)cc1OC. The second-order valence-electron chi connectivity index (χ2n) is 5.06. The van der Waals surface area contributed by atoms with Crippen molar-refractivity contribution >= 4 is 11.9 Å². The first-order valence-electron chi connectivity index (χ1n) is 7.72. The van der Waals surface area contributed by atoms with Gasteiger partial charge in [-0.15, -0.1) is 0 Å². The van der Waals surface area contributed by atoms with Gasteiger partial charge in [0.25, 0.3) is 5.91 Å². The minimum absolute atomic E-state index is 0.296. The summed E-state index contributed by atoms with van der Waals surface area (Å²) in [6, 6.07) is 5.08. The van der Waals surface area contributed by atoms with E-state index >= 15 is 0 Å². The van der Waals surface area contributed by atoms with Gasteiger partial charge < -0.3 is 9.47 Å². The van der Waals surface area contributed by atoms with E-state index in [0.717, 1.165) is 12.8 Å². The number of amides is 1. The van der Waals surface area contributed by atoms with Crippen molar-refractivity contribution in [3.05, 3.63) is 30.1 Å². The van der Waals surface area contributed by atoms with Gasteiger partial charge in [0, 0.05) is 5.56 Å². The number of nitrogens with one attached hydrogen (secondary N) is 2. The lowest BCUT2D eigenvalue weighted by atomic mass is 10.2. The van der Waals surface area contributed by atoms with Gasteiger partial charge in [-0.3, -0.25) is 10.1 Å². The summed E-state index contributed by atoms with van der Waals surface area (Å²) in [7, 11) is 1.55. The van der Waals surface area contributed by atoms with Crippen LogP contribution in [0.25, 0.3) is 0 Å². The Balaban J connectivity index is 1.96. The van der Waals surface area contributed by atoms with Gasteiger partial charge >= 0.3 is 0 Å². The number of aromatic nitrogens is 3. The molecular weight excluding hydrogens is 296 g/mol. The van der Waals surface area contributed by atoms with E-state index in [1.807, 2.05) is 0 Å². The van der Waals surface area contributed by atoms with Crippen molar-refractivity contribution in [2.45, 2.75) is 32.6 Å². The first kappa shape index (κ1) is 16.8. The van der Waals surface area contributed by atoms with Crippen molar-refractivity contribution in [3.63, 3.8) is 0 Å². The Hall–Kier alpha value is -2.57. The Morgan fingerprint density at radius 2 is 2.13 bits per heavy atom. The zero-order valence-electron chi connectivity index (χ0n) is 13.5. The number of carbonyl (C=O) groups is 1. The lowest BCUT2D eigenvalue weighted by Crippen LogP contribution is -2.13. The Bertz CT molecular complexity index is 614. The average molecular weight is 318 g/mol. The first-order chi connectivity index (χ1) is 11.2. The highest BCUT2D eigenvalue weighted by molar-refractivity contribution is 6.03. The molecule has 0 unspecified atom stereocenters. The standard InChI is InChI=1S/C16H22N4O3/c1-3-4-5-6-9-23-13-8-7-12(10-14(13)22-2)15(21)19-16-17-11-18-20-16/h7-8,10-11H,3-6,9H2,1-2H3,(H2,17,18,19,20,21). The van der Waals surface area contributed by atoms with E-state index in [-0.39, 0.29) is 5.91 Å². The summed E-state index contributed by atoms with van der Waals surface area (Å²) in [5.74, 6) is 1.17. The molecule has 1 aromatic heterocycles. The van der Waals surface area contributed by atoms with Crippen LogP contribution in [-0.2, 0) is 0 Å². The number of hydrogen-bond acceptors (Lipinski definition) is 5. The maximum absolute atomic E-state index is 12.1. The number of H-pyrrole nitrogens is 1. The van der Waals surface area contributed by atoms with E-state index in [0.29, 0.717) is 29.6 Å². The van der Waals surface area contributed by atoms with E-state index in [9.17, 15) is 4.79 Å². The molecule has 0 aliphatic heterocycles. The molecule has 0 aliphatic carbocycles. The Morgan fingerprint density at radius 1 is 1.26 bits per heavy atom. The van der Waals surface area contributed by atoms with Gasteiger partial charge in [-0.25, -0.2) is 5.10 Å². The molecule has 7 nitrogen and oxygen atoms in total. The zero-order valence-corrected chi connectivity index (χ0v) is 13.5. The van der Waals surface area contributed by atoms with Gasteiger partial charge in [0.05, 0.1) is 13.7 Å². The molecule has 0 spiro atoms. The number of methoxy groups -OCH3 is 1. The van der Waals surface area contributed by atoms with Gasteiger partial charge in [-0.1, -0.05) is 26.2 Å². The number of rotatable bonds is 9. The van der Waals surface area contributed by atoms with Crippen LogP contribution >= 0.6 is 0 Å². The Kier molecular flexibility index (Phi) is 6.40. The summed E-state index contributed by atoms with van der Waals surface area (Å²) < 4.78 is 11.0. The Labute approximate surface area is 135 Å². The lowest BCUT2D eigenvalue weighted by Gasteiger charge is -2.12. The smallest absolute Gasteiger partial charge is 0.258 e. The topological polar surface area (TPSA) is 89.1 Å². The molecule has 23 heavy (non-hydrogen) atoms. The fraction of sp³-hybridized carbons (Fsp3) is 0.438. The van der Waals surface area contributed by atoms with E-state index in [1.54, 1.807) is 25.3 Å². The fourth-order valence-electron chi connectivity index (χ4n) is 2.08.